The van der Waals surface area contributed by atoms with Crippen LogP contribution in [-0.4, -0.2) is 43.7 Å². The number of carbonyl (C=O) groups is 1. The molecule has 0 saturated heterocycles. The Hall–Kier alpha value is -4.01. The van der Waals surface area contributed by atoms with Crippen molar-refractivity contribution < 1.29 is 4.79 Å². The van der Waals surface area contributed by atoms with E-state index < -0.39 is 0 Å². The highest BCUT2D eigenvalue weighted by atomic mass is 16.1. The number of anilines is 3. The first-order valence-corrected chi connectivity index (χ1v) is 9.20. The van der Waals surface area contributed by atoms with Crippen LogP contribution >= 0.6 is 0 Å². The molecule has 0 aliphatic rings. The molecule has 0 radical (unpaired) electrons. The van der Waals surface area contributed by atoms with E-state index in [0.29, 0.717) is 30.5 Å². The molecule has 0 aliphatic carbocycles. The van der Waals surface area contributed by atoms with Gasteiger partial charge in [-0.1, -0.05) is 18.2 Å². The van der Waals surface area contributed by atoms with E-state index in [-0.39, 0.29) is 12.5 Å². The normalized spacial score (nSPS) is 10.6. The van der Waals surface area contributed by atoms with Crippen molar-refractivity contribution in [2.45, 2.75) is 6.54 Å². The molecule has 0 atom stereocenters. The van der Waals surface area contributed by atoms with Gasteiger partial charge >= 0.3 is 0 Å². The zero-order valence-electron chi connectivity index (χ0n) is 15.6. The molecule has 3 N–H and O–H groups in total. The van der Waals surface area contributed by atoms with Gasteiger partial charge in [-0.3, -0.25) is 4.79 Å². The maximum Gasteiger partial charge on any atom is 0.240 e. The lowest BCUT2D eigenvalue weighted by molar-refractivity contribution is -0.121. The number of rotatable bonds is 8. The van der Waals surface area contributed by atoms with Crippen LogP contribution in [-0.2, 0) is 11.3 Å². The summed E-state index contributed by atoms with van der Waals surface area (Å²) in [6.07, 6.45) is 3.38. The van der Waals surface area contributed by atoms with Crippen LogP contribution in [0.4, 0.5) is 17.5 Å². The number of benzene rings is 1. The Morgan fingerprint density at radius 3 is 2.52 bits per heavy atom. The van der Waals surface area contributed by atoms with Gasteiger partial charge in [-0.05, 0) is 36.4 Å². The number of hydrogen-bond acceptors (Lipinski definition) is 7. The van der Waals surface area contributed by atoms with Crippen molar-refractivity contribution in [3.05, 3.63) is 67.1 Å². The van der Waals surface area contributed by atoms with E-state index in [0.717, 1.165) is 11.0 Å². The molecule has 9 nitrogen and oxygen atoms in total. The zero-order valence-corrected chi connectivity index (χ0v) is 15.6. The second-order valence-corrected chi connectivity index (χ2v) is 6.28. The van der Waals surface area contributed by atoms with Crippen molar-refractivity contribution in [1.82, 2.24) is 30.0 Å². The molecule has 29 heavy (non-hydrogen) atoms. The van der Waals surface area contributed by atoms with Crippen LogP contribution in [0.25, 0.3) is 11.0 Å². The molecule has 0 bridgehead atoms. The smallest absolute Gasteiger partial charge is 0.240 e. The lowest BCUT2D eigenvalue weighted by Gasteiger charge is -2.09. The van der Waals surface area contributed by atoms with E-state index in [1.165, 1.54) is 0 Å². The molecule has 0 fully saturated rings. The minimum absolute atomic E-state index is 0.0732. The van der Waals surface area contributed by atoms with E-state index in [9.17, 15) is 4.79 Å². The van der Waals surface area contributed by atoms with E-state index in [1.807, 2.05) is 59.2 Å². The molecule has 0 spiro atoms. The Morgan fingerprint density at radius 2 is 1.69 bits per heavy atom. The summed E-state index contributed by atoms with van der Waals surface area (Å²) in [5.74, 6) is 1.87. The number of amides is 1. The first kappa shape index (κ1) is 18.4. The zero-order chi connectivity index (χ0) is 19.9. The Bertz CT molecular complexity index is 1080. The van der Waals surface area contributed by atoms with E-state index in [2.05, 4.69) is 36.1 Å². The maximum absolute atomic E-state index is 12.2. The SMILES string of the molecule is O=C(Cn1cnc2ccccc21)NCCNc1ccc(Nc2ccccn2)nn1. The van der Waals surface area contributed by atoms with Gasteiger partial charge in [0.1, 0.15) is 18.2 Å². The summed E-state index contributed by atoms with van der Waals surface area (Å²) in [7, 11) is 0. The summed E-state index contributed by atoms with van der Waals surface area (Å²) in [4.78, 5) is 20.6. The fourth-order valence-electron chi connectivity index (χ4n) is 2.80. The number of aromatic nitrogens is 5. The fraction of sp³-hybridized carbons (Fsp3) is 0.150. The van der Waals surface area contributed by atoms with E-state index >= 15 is 0 Å². The highest BCUT2D eigenvalue weighted by Crippen LogP contribution is 2.12. The van der Waals surface area contributed by atoms with Crippen molar-refractivity contribution in [3.63, 3.8) is 0 Å². The fourth-order valence-corrected chi connectivity index (χ4v) is 2.80. The van der Waals surface area contributed by atoms with Crippen LogP contribution in [0.1, 0.15) is 0 Å². The lowest BCUT2D eigenvalue weighted by Crippen LogP contribution is -2.31. The number of imidazole rings is 1. The van der Waals surface area contributed by atoms with Crippen molar-refractivity contribution in [2.75, 3.05) is 23.7 Å². The van der Waals surface area contributed by atoms with E-state index in [1.54, 1.807) is 12.5 Å². The third-order valence-electron chi connectivity index (χ3n) is 4.18. The van der Waals surface area contributed by atoms with Crippen LogP contribution in [0.2, 0.25) is 0 Å². The quantitative estimate of drug-likeness (QED) is 0.397. The van der Waals surface area contributed by atoms with Crippen molar-refractivity contribution in [3.8, 4) is 0 Å². The van der Waals surface area contributed by atoms with Gasteiger partial charge < -0.3 is 20.5 Å². The molecule has 1 amide bonds. The summed E-state index contributed by atoms with van der Waals surface area (Å²) >= 11 is 0. The first-order valence-electron chi connectivity index (χ1n) is 9.20. The van der Waals surface area contributed by atoms with Crippen LogP contribution in [0, 0.1) is 0 Å². The van der Waals surface area contributed by atoms with Crippen LogP contribution in [0.3, 0.4) is 0 Å². The summed E-state index contributed by atoms with van der Waals surface area (Å²) < 4.78 is 1.83. The number of carbonyl (C=O) groups excluding carboxylic acids is 1. The topological polar surface area (TPSA) is 110 Å². The molecule has 9 heteroatoms. The first-order chi connectivity index (χ1) is 14.3. The third kappa shape index (κ3) is 4.83. The second kappa shape index (κ2) is 8.79. The number of hydrogen-bond donors (Lipinski definition) is 3. The van der Waals surface area contributed by atoms with Crippen LogP contribution < -0.4 is 16.0 Å². The van der Waals surface area contributed by atoms with Crippen LogP contribution in [0.5, 0.6) is 0 Å². The van der Waals surface area contributed by atoms with Gasteiger partial charge in [-0.2, -0.15) is 0 Å². The van der Waals surface area contributed by atoms with Gasteiger partial charge in [-0.15, -0.1) is 10.2 Å². The third-order valence-corrected chi connectivity index (χ3v) is 4.18. The molecule has 0 saturated carbocycles. The minimum Gasteiger partial charge on any atom is -0.367 e. The van der Waals surface area contributed by atoms with Crippen molar-refractivity contribution >= 4 is 34.4 Å². The monoisotopic (exact) mass is 388 g/mol. The Morgan fingerprint density at radius 1 is 0.862 bits per heavy atom. The molecular weight excluding hydrogens is 368 g/mol. The lowest BCUT2D eigenvalue weighted by atomic mass is 10.3. The van der Waals surface area contributed by atoms with Gasteiger partial charge in [0.05, 0.1) is 17.4 Å². The Balaban J connectivity index is 1.20. The summed E-state index contributed by atoms with van der Waals surface area (Å²) in [5.41, 5.74) is 1.82. The highest BCUT2D eigenvalue weighted by molar-refractivity contribution is 5.80. The standard InChI is InChI=1S/C20H20N8O/c29-20(13-28-14-24-15-5-1-2-6-16(15)28)23-12-11-22-18-8-9-19(27-26-18)25-17-7-3-4-10-21-17/h1-10,14H,11-13H2,(H,22,26)(H,23,29)(H,21,25,27). The molecule has 0 unspecified atom stereocenters. The largest absolute Gasteiger partial charge is 0.367 e. The molecule has 3 aromatic heterocycles. The predicted molar refractivity (Wildman–Crippen MR) is 111 cm³/mol. The van der Waals surface area contributed by atoms with Gasteiger partial charge in [-0.25, -0.2) is 9.97 Å². The summed E-state index contributed by atoms with van der Waals surface area (Å²) in [5, 5.41) is 17.3. The number of nitrogens with one attached hydrogen (secondary N) is 3. The van der Waals surface area contributed by atoms with Crippen molar-refractivity contribution in [1.29, 1.82) is 0 Å². The average Bonchev–Trinajstić information content (AvgIpc) is 3.16. The molecule has 0 aliphatic heterocycles. The number of nitrogens with zero attached hydrogens (tertiary/aromatic N) is 5. The Kier molecular flexibility index (Phi) is 5.56. The van der Waals surface area contributed by atoms with Gasteiger partial charge in [0.15, 0.2) is 5.82 Å². The van der Waals surface area contributed by atoms with Gasteiger partial charge in [0, 0.05) is 19.3 Å². The van der Waals surface area contributed by atoms with Crippen molar-refractivity contribution in [2.24, 2.45) is 0 Å². The summed E-state index contributed by atoms with van der Waals surface area (Å²) in [6.45, 7) is 1.24. The van der Waals surface area contributed by atoms with E-state index in [4.69, 9.17) is 0 Å². The number of para-hydroxylation sites is 2. The summed E-state index contributed by atoms with van der Waals surface area (Å²) in [6, 6.07) is 16.9. The van der Waals surface area contributed by atoms with Gasteiger partial charge in [0.2, 0.25) is 5.91 Å². The van der Waals surface area contributed by atoms with Gasteiger partial charge in [0.25, 0.3) is 0 Å². The molecule has 1 aromatic carbocycles. The molecule has 4 aromatic rings. The average molecular weight is 388 g/mol. The Labute approximate surface area is 167 Å². The molecule has 3 heterocycles. The predicted octanol–water partition coefficient (Wildman–Crippen LogP) is 2.19. The number of fused-ring (bicyclic) bond motifs is 1. The highest BCUT2D eigenvalue weighted by Gasteiger charge is 2.06. The van der Waals surface area contributed by atoms with Crippen LogP contribution in [0.15, 0.2) is 67.1 Å². The second-order valence-electron chi connectivity index (χ2n) is 6.28. The molecule has 4 rings (SSSR count). The minimum atomic E-state index is -0.0732. The maximum atomic E-state index is 12.2. The molecular formula is C20H20N8O. The molecule has 146 valence electrons. The number of pyridine rings is 1.